The highest BCUT2D eigenvalue weighted by Crippen LogP contribution is 2.31. The highest BCUT2D eigenvalue weighted by Gasteiger charge is 2.44. The maximum absolute atomic E-state index is 13.2. The van der Waals surface area contributed by atoms with Gasteiger partial charge in [-0.3, -0.25) is 14.5 Å². The molecule has 2 aromatic rings. The van der Waals surface area contributed by atoms with E-state index in [9.17, 15) is 18.0 Å². The molecule has 2 heterocycles. The number of nitrogens with zero attached hydrogens (tertiary/aromatic N) is 3. The first-order valence-electron chi connectivity index (χ1n) is 10.0. The molecule has 30 heavy (non-hydrogen) atoms. The van der Waals surface area contributed by atoms with Crippen LogP contribution in [-0.4, -0.2) is 61.7 Å². The topological polar surface area (TPSA) is 78.0 Å². The number of anilines is 1. The number of amides is 2. The average molecular weight is 428 g/mol. The van der Waals surface area contributed by atoms with Crippen molar-refractivity contribution >= 4 is 27.5 Å². The van der Waals surface area contributed by atoms with Gasteiger partial charge in [0.1, 0.15) is 0 Å². The molecule has 2 fully saturated rings. The van der Waals surface area contributed by atoms with E-state index < -0.39 is 16.1 Å². The van der Waals surface area contributed by atoms with Crippen LogP contribution >= 0.6 is 0 Å². The van der Waals surface area contributed by atoms with Gasteiger partial charge in [0.2, 0.25) is 15.9 Å². The molecule has 0 radical (unpaired) electrons. The molecule has 0 saturated carbocycles. The second-order valence-corrected chi connectivity index (χ2v) is 9.72. The van der Waals surface area contributed by atoms with Crippen molar-refractivity contribution in [2.45, 2.75) is 31.2 Å². The highest BCUT2D eigenvalue weighted by molar-refractivity contribution is 7.89. The second-order valence-electron chi connectivity index (χ2n) is 7.78. The molecule has 4 rings (SSSR count). The van der Waals surface area contributed by atoms with Crippen LogP contribution in [0.25, 0.3) is 0 Å². The summed E-state index contributed by atoms with van der Waals surface area (Å²) in [5.74, 6) is -0.432. The van der Waals surface area contributed by atoms with Crippen molar-refractivity contribution in [2.24, 2.45) is 0 Å². The molecule has 0 bridgehead atoms. The van der Waals surface area contributed by atoms with Crippen molar-refractivity contribution in [1.82, 2.24) is 9.21 Å². The highest BCUT2D eigenvalue weighted by atomic mass is 32.2. The van der Waals surface area contributed by atoms with Gasteiger partial charge in [-0.25, -0.2) is 13.3 Å². The smallest absolute Gasteiger partial charge is 0.251 e. The quantitative estimate of drug-likeness (QED) is 0.697. The Kier molecular flexibility index (Phi) is 5.48. The summed E-state index contributed by atoms with van der Waals surface area (Å²) in [7, 11) is -3.55. The Morgan fingerprint density at radius 3 is 2.03 bits per heavy atom. The fourth-order valence-corrected chi connectivity index (χ4v) is 5.73. The maximum Gasteiger partial charge on any atom is 0.251 e. The standard InChI is InChI=1S/C22H25N3O4S/c1-16-7-6-8-17(2)21(16)25-20(26)15-19(22(25)27)23-11-13-24(14-12-23)30(28,29)18-9-4-3-5-10-18/h3-10,19H,11-15H2,1-2H3. The summed E-state index contributed by atoms with van der Waals surface area (Å²) >= 11 is 0. The van der Waals surface area contributed by atoms with Crippen molar-refractivity contribution in [3.05, 3.63) is 59.7 Å². The van der Waals surface area contributed by atoms with Crippen LogP contribution in [0.1, 0.15) is 17.5 Å². The number of aryl methyl sites for hydroxylation is 2. The molecule has 0 aliphatic carbocycles. The van der Waals surface area contributed by atoms with E-state index in [2.05, 4.69) is 0 Å². The van der Waals surface area contributed by atoms with Crippen LogP contribution in [-0.2, 0) is 19.6 Å². The van der Waals surface area contributed by atoms with Crippen molar-refractivity contribution < 1.29 is 18.0 Å². The fourth-order valence-electron chi connectivity index (χ4n) is 4.29. The third-order valence-corrected chi connectivity index (χ3v) is 7.79. The van der Waals surface area contributed by atoms with Crippen LogP contribution in [0.5, 0.6) is 0 Å². The molecule has 0 aromatic heterocycles. The number of sulfonamides is 1. The van der Waals surface area contributed by atoms with Gasteiger partial charge < -0.3 is 0 Å². The Morgan fingerprint density at radius 1 is 0.833 bits per heavy atom. The minimum absolute atomic E-state index is 0.123. The van der Waals surface area contributed by atoms with Gasteiger partial charge in [-0.15, -0.1) is 0 Å². The summed E-state index contributed by atoms with van der Waals surface area (Å²) in [6, 6.07) is 13.5. The minimum atomic E-state index is -3.55. The minimum Gasteiger partial charge on any atom is -0.289 e. The van der Waals surface area contributed by atoms with Crippen LogP contribution in [0.2, 0.25) is 0 Å². The van der Waals surface area contributed by atoms with Crippen molar-refractivity contribution in [3.8, 4) is 0 Å². The van der Waals surface area contributed by atoms with Gasteiger partial charge in [0.25, 0.3) is 5.91 Å². The maximum atomic E-state index is 13.2. The lowest BCUT2D eigenvalue weighted by atomic mass is 10.1. The number of imide groups is 1. The van der Waals surface area contributed by atoms with Crippen molar-refractivity contribution in [1.29, 1.82) is 0 Å². The van der Waals surface area contributed by atoms with E-state index in [1.807, 2.05) is 36.9 Å². The van der Waals surface area contributed by atoms with Crippen LogP contribution < -0.4 is 4.90 Å². The fraction of sp³-hybridized carbons (Fsp3) is 0.364. The van der Waals surface area contributed by atoms with Crippen LogP contribution in [0, 0.1) is 13.8 Å². The molecule has 1 atom stereocenters. The van der Waals surface area contributed by atoms with Gasteiger partial charge >= 0.3 is 0 Å². The molecular weight excluding hydrogens is 402 g/mol. The summed E-state index contributed by atoms with van der Waals surface area (Å²) < 4.78 is 27.1. The van der Waals surface area contributed by atoms with Crippen LogP contribution in [0.4, 0.5) is 5.69 Å². The third-order valence-electron chi connectivity index (χ3n) is 5.88. The SMILES string of the molecule is Cc1cccc(C)c1N1C(=O)CC(N2CCN(S(=O)(=O)c3ccccc3)CC2)C1=O. The lowest BCUT2D eigenvalue weighted by molar-refractivity contribution is -0.123. The predicted octanol–water partition coefficient (Wildman–Crippen LogP) is 1.94. The normalized spacial score (nSPS) is 21.4. The summed E-state index contributed by atoms with van der Waals surface area (Å²) in [5, 5.41) is 0. The summed E-state index contributed by atoms with van der Waals surface area (Å²) in [6.45, 7) is 5.19. The van der Waals surface area contributed by atoms with Gasteiger partial charge in [-0.1, -0.05) is 36.4 Å². The summed E-state index contributed by atoms with van der Waals surface area (Å²) in [5.41, 5.74) is 2.44. The number of carbonyl (C=O) groups excluding carboxylic acids is 2. The monoisotopic (exact) mass is 427 g/mol. The third kappa shape index (κ3) is 3.55. The van der Waals surface area contributed by atoms with E-state index >= 15 is 0 Å². The number of rotatable bonds is 4. The second kappa shape index (κ2) is 7.94. The zero-order valence-corrected chi connectivity index (χ0v) is 17.9. The van der Waals surface area contributed by atoms with Gasteiger partial charge in [0, 0.05) is 26.2 Å². The number of piperazine rings is 1. The molecule has 2 amide bonds. The average Bonchev–Trinajstić information content (AvgIpc) is 3.03. The number of hydrogen-bond acceptors (Lipinski definition) is 5. The predicted molar refractivity (Wildman–Crippen MR) is 114 cm³/mol. The Labute approximate surface area is 176 Å². The van der Waals surface area contributed by atoms with E-state index in [0.29, 0.717) is 31.9 Å². The Morgan fingerprint density at radius 2 is 1.43 bits per heavy atom. The molecule has 0 N–H and O–H groups in total. The van der Waals surface area contributed by atoms with Gasteiger partial charge in [-0.2, -0.15) is 4.31 Å². The zero-order chi connectivity index (χ0) is 21.5. The van der Waals surface area contributed by atoms with Gasteiger partial charge in [-0.05, 0) is 37.1 Å². The van der Waals surface area contributed by atoms with Crippen LogP contribution in [0.15, 0.2) is 53.4 Å². The van der Waals surface area contributed by atoms with E-state index in [0.717, 1.165) is 11.1 Å². The molecule has 2 aliphatic rings. The molecule has 2 aliphatic heterocycles. The Bertz CT molecular complexity index is 1060. The molecule has 158 valence electrons. The molecule has 8 heteroatoms. The first-order chi connectivity index (χ1) is 14.3. The van der Waals surface area contributed by atoms with Gasteiger partial charge in [0.15, 0.2) is 0 Å². The number of carbonyl (C=O) groups is 2. The molecule has 1 unspecified atom stereocenters. The summed E-state index contributed by atoms with van der Waals surface area (Å²) in [4.78, 5) is 29.4. The number of hydrogen-bond donors (Lipinski definition) is 0. The molecule has 2 aromatic carbocycles. The molecule has 2 saturated heterocycles. The lowest BCUT2D eigenvalue weighted by Gasteiger charge is -2.36. The van der Waals surface area contributed by atoms with E-state index in [1.54, 1.807) is 30.3 Å². The largest absolute Gasteiger partial charge is 0.289 e. The van der Waals surface area contributed by atoms with Gasteiger partial charge in [0.05, 0.1) is 23.0 Å². The Balaban J connectivity index is 1.48. The van der Waals surface area contributed by atoms with Crippen molar-refractivity contribution in [3.63, 3.8) is 0 Å². The van der Waals surface area contributed by atoms with Crippen LogP contribution in [0.3, 0.4) is 0 Å². The molecule has 7 nitrogen and oxygen atoms in total. The number of benzene rings is 2. The zero-order valence-electron chi connectivity index (χ0n) is 17.1. The Hall–Kier alpha value is -2.55. The molecular formula is C22H25N3O4S. The first-order valence-corrected chi connectivity index (χ1v) is 11.5. The number of para-hydroxylation sites is 1. The lowest BCUT2D eigenvalue weighted by Crippen LogP contribution is -2.53. The van der Waals surface area contributed by atoms with E-state index in [-0.39, 0.29) is 23.1 Å². The first kappa shape index (κ1) is 20.7. The van der Waals surface area contributed by atoms with E-state index in [4.69, 9.17) is 0 Å². The summed E-state index contributed by atoms with van der Waals surface area (Å²) in [6.07, 6.45) is 0.123. The molecule has 0 spiro atoms. The van der Waals surface area contributed by atoms with Crippen molar-refractivity contribution in [2.75, 3.05) is 31.1 Å². The van der Waals surface area contributed by atoms with E-state index in [1.165, 1.54) is 9.21 Å².